The predicted molar refractivity (Wildman–Crippen MR) is 167 cm³/mol. The van der Waals surface area contributed by atoms with Gasteiger partial charge in [0.2, 0.25) is 5.91 Å². The molecular formula is C31H34Cl2N4O4S. The summed E-state index contributed by atoms with van der Waals surface area (Å²) in [6.45, 7) is 6.60. The Morgan fingerprint density at radius 2 is 1.79 bits per heavy atom. The summed E-state index contributed by atoms with van der Waals surface area (Å²) in [5.74, 6) is -0.244. The van der Waals surface area contributed by atoms with E-state index >= 15 is 0 Å². The van der Waals surface area contributed by atoms with Crippen molar-refractivity contribution >= 4 is 62.2 Å². The second-order valence-electron chi connectivity index (χ2n) is 11.2. The van der Waals surface area contributed by atoms with Gasteiger partial charge in [0, 0.05) is 44.8 Å². The largest absolute Gasteiger partial charge is 0.359 e. The van der Waals surface area contributed by atoms with E-state index in [9.17, 15) is 18.0 Å². The van der Waals surface area contributed by atoms with Gasteiger partial charge in [0.1, 0.15) is 0 Å². The number of nitrogens with one attached hydrogen (secondary N) is 3. The molecule has 2 aromatic carbocycles. The first-order valence-electron chi connectivity index (χ1n) is 13.9. The van der Waals surface area contributed by atoms with E-state index in [2.05, 4.69) is 27.6 Å². The van der Waals surface area contributed by atoms with Crippen LogP contribution in [-0.2, 0) is 31.6 Å². The van der Waals surface area contributed by atoms with Gasteiger partial charge in [-0.3, -0.25) is 9.59 Å². The second-order valence-corrected chi connectivity index (χ2v) is 14.0. The first kappa shape index (κ1) is 30.4. The summed E-state index contributed by atoms with van der Waals surface area (Å²) in [5.41, 5.74) is 4.96. The van der Waals surface area contributed by atoms with E-state index in [0.29, 0.717) is 40.5 Å². The Labute approximate surface area is 256 Å². The van der Waals surface area contributed by atoms with Gasteiger partial charge in [-0.2, -0.15) is 0 Å². The zero-order valence-electron chi connectivity index (χ0n) is 23.8. The summed E-state index contributed by atoms with van der Waals surface area (Å²) in [4.78, 5) is 31.4. The highest BCUT2D eigenvalue weighted by molar-refractivity contribution is 7.90. The molecule has 222 valence electrons. The van der Waals surface area contributed by atoms with Crippen molar-refractivity contribution in [2.75, 3.05) is 32.0 Å². The molecule has 42 heavy (non-hydrogen) atoms. The van der Waals surface area contributed by atoms with E-state index in [1.807, 2.05) is 13.8 Å². The minimum absolute atomic E-state index is 0.0317. The van der Waals surface area contributed by atoms with Crippen LogP contribution in [0.5, 0.6) is 0 Å². The van der Waals surface area contributed by atoms with Crippen molar-refractivity contribution in [2.45, 2.75) is 43.8 Å². The molecule has 8 nitrogen and oxygen atoms in total. The van der Waals surface area contributed by atoms with E-state index in [0.717, 1.165) is 42.8 Å². The van der Waals surface area contributed by atoms with Crippen LogP contribution in [-0.4, -0.2) is 56.8 Å². The highest BCUT2D eigenvalue weighted by Gasteiger charge is 2.28. The number of amides is 2. The van der Waals surface area contributed by atoms with Crippen molar-refractivity contribution < 1.29 is 18.0 Å². The van der Waals surface area contributed by atoms with Gasteiger partial charge in [0.15, 0.2) is 9.84 Å². The average Bonchev–Trinajstić information content (AvgIpc) is 3.40. The van der Waals surface area contributed by atoms with E-state index in [1.165, 1.54) is 12.1 Å². The third kappa shape index (κ3) is 6.44. The molecule has 0 spiro atoms. The minimum atomic E-state index is -3.82. The number of rotatable bonds is 8. The molecule has 2 amide bonds. The van der Waals surface area contributed by atoms with Gasteiger partial charge in [0.05, 0.1) is 22.6 Å². The summed E-state index contributed by atoms with van der Waals surface area (Å²) < 4.78 is 26.7. The average molecular weight is 630 g/mol. The molecular weight excluding hydrogens is 595 g/mol. The van der Waals surface area contributed by atoms with Gasteiger partial charge in [-0.1, -0.05) is 29.3 Å². The van der Waals surface area contributed by atoms with Gasteiger partial charge in [-0.25, -0.2) is 8.42 Å². The fourth-order valence-electron chi connectivity index (χ4n) is 5.56. The molecule has 3 N–H and O–H groups in total. The highest BCUT2D eigenvalue weighted by atomic mass is 35.5. The number of halogens is 2. The number of piperidine rings is 1. The summed E-state index contributed by atoms with van der Waals surface area (Å²) >= 11 is 12.5. The summed E-state index contributed by atoms with van der Waals surface area (Å²) in [6, 6.07) is 9.40. The number of aromatic amines is 1. The van der Waals surface area contributed by atoms with Crippen molar-refractivity contribution in [3.63, 3.8) is 0 Å². The van der Waals surface area contributed by atoms with Crippen molar-refractivity contribution in [3.05, 3.63) is 80.1 Å². The van der Waals surface area contributed by atoms with Crippen molar-refractivity contribution in [2.24, 2.45) is 5.92 Å². The van der Waals surface area contributed by atoms with Gasteiger partial charge in [-0.15, -0.1) is 0 Å². The number of likely N-dealkylation sites (tertiary alicyclic amines) is 1. The molecule has 0 unspecified atom stereocenters. The zero-order chi connectivity index (χ0) is 30.2. The van der Waals surface area contributed by atoms with Crippen LogP contribution in [0, 0.1) is 19.8 Å². The highest BCUT2D eigenvalue weighted by Crippen LogP contribution is 2.37. The van der Waals surface area contributed by atoms with Crippen molar-refractivity contribution in [1.29, 1.82) is 0 Å². The summed E-state index contributed by atoms with van der Waals surface area (Å²) in [5, 5.41) is 6.45. The van der Waals surface area contributed by atoms with E-state index in [1.54, 1.807) is 30.3 Å². The van der Waals surface area contributed by atoms with Gasteiger partial charge in [-0.05, 0) is 100 Å². The number of aromatic nitrogens is 1. The summed E-state index contributed by atoms with van der Waals surface area (Å²) in [6.07, 6.45) is 4.11. The number of hydrogen-bond donors (Lipinski definition) is 3. The molecule has 2 aliphatic rings. The molecule has 0 radical (unpaired) electrons. The van der Waals surface area contributed by atoms with Gasteiger partial charge >= 0.3 is 0 Å². The number of sulfone groups is 1. The molecule has 1 aromatic heterocycles. The van der Waals surface area contributed by atoms with Crippen LogP contribution in [0.25, 0.3) is 11.6 Å². The molecule has 1 saturated heterocycles. The zero-order valence-corrected chi connectivity index (χ0v) is 26.1. The molecule has 5 rings (SSSR count). The van der Waals surface area contributed by atoms with E-state index in [4.69, 9.17) is 23.2 Å². The first-order chi connectivity index (χ1) is 19.9. The van der Waals surface area contributed by atoms with Gasteiger partial charge < -0.3 is 20.5 Å². The Morgan fingerprint density at radius 3 is 2.48 bits per heavy atom. The Kier molecular flexibility index (Phi) is 8.85. The molecule has 11 heteroatoms. The lowest BCUT2D eigenvalue weighted by molar-refractivity contribution is -0.120. The van der Waals surface area contributed by atoms with Crippen LogP contribution >= 0.6 is 23.2 Å². The molecule has 0 bridgehead atoms. The Bertz CT molecular complexity index is 1670. The fourth-order valence-corrected chi connectivity index (χ4v) is 7.68. The number of carbonyl (C=O) groups excluding carboxylic acids is 2. The number of benzene rings is 2. The fraction of sp³-hybridized carbons (Fsp3) is 0.355. The summed E-state index contributed by atoms with van der Waals surface area (Å²) in [7, 11) is -1.71. The van der Waals surface area contributed by atoms with Crippen LogP contribution in [0.4, 0.5) is 5.69 Å². The number of aryl methyl sites for hydroxylation is 1. The van der Waals surface area contributed by atoms with Crippen molar-refractivity contribution in [3.8, 4) is 0 Å². The van der Waals surface area contributed by atoms with Crippen LogP contribution in [0.2, 0.25) is 10.0 Å². The molecule has 0 atom stereocenters. The van der Waals surface area contributed by atoms with Crippen LogP contribution < -0.4 is 10.6 Å². The third-order valence-corrected chi connectivity index (χ3v) is 10.6. The molecule has 1 fully saturated rings. The number of H-pyrrole nitrogens is 1. The number of hydrogen-bond acceptors (Lipinski definition) is 5. The maximum absolute atomic E-state index is 13.3. The number of anilines is 1. The lowest BCUT2D eigenvalue weighted by Gasteiger charge is -2.28. The lowest BCUT2D eigenvalue weighted by Crippen LogP contribution is -2.37. The Hall–Kier alpha value is -3.11. The molecule has 3 heterocycles. The monoisotopic (exact) mass is 628 g/mol. The standard InChI is InChI=1S/C31H34Cl2N4O4S/c1-18-22(15-30(38)34-16-20-9-11-37(3)12-10-20)19(2)35-29(18)14-24-23-13-21(7-8-28(23)36-31(24)39)42(40,41)17-25-26(32)5-4-6-27(25)33/h4-8,13-14,20,35H,9-12,15-17H2,1-3H3,(H,34,38)(H,36,39). The normalized spacial score (nSPS) is 17.0. The maximum Gasteiger partial charge on any atom is 0.256 e. The van der Waals surface area contributed by atoms with Crippen LogP contribution in [0.1, 0.15) is 46.5 Å². The SMILES string of the molecule is Cc1[nH]c(C=C2C(=O)Nc3ccc(S(=O)(=O)Cc4c(Cl)cccc4Cl)cc32)c(C)c1CC(=O)NCC1CCN(C)CC1. The van der Waals surface area contributed by atoms with Crippen LogP contribution in [0.15, 0.2) is 41.3 Å². The van der Waals surface area contributed by atoms with E-state index in [-0.39, 0.29) is 38.9 Å². The quantitative estimate of drug-likeness (QED) is 0.289. The van der Waals surface area contributed by atoms with E-state index < -0.39 is 9.84 Å². The first-order valence-corrected chi connectivity index (χ1v) is 16.3. The topological polar surface area (TPSA) is 111 Å². The molecule has 0 aliphatic carbocycles. The lowest BCUT2D eigenvalue weighted by atomic mass is 9.97. The van der Waals surface area contributed by atoms with Crippen molar-refractivity contribution in [1.82, 2.24) is 15.2 Å². The molecule has 2 aliphatic heterocycles. The third-order valence-electron chi connectivity index (χ3n) is 8.21. The number of fused-ring (bicyclic) bond motifs is 1. The number of nitrogens with zero attached hydrogens (tertiary/aromatic N) is 1. The number of carbonyl (C=O) groups is 2. The maximum atomic E-state index is 13.3. The van der Waals surface area contributed by atoms with Crippen LogP contribution in [0.3, 0.4) is 0 Å². The predicted octanol–water partition coefficient (Wildman–Crippen LogP) is 5.41. The van der Waals surface area contributed by atoms with Gasteiger partial charge in [0.25, 0.3) is 5.91 Å². The smallest absolute Gasteiger partial charge is 0.256 e. The molecule has 3 aromatic rings. The Balaban J connectivity index is 1.36. The Morgan fingerprint density at radius 1 is 1.10 bits per heavy atom. The minimum Gasteiger partial charge on any atom is -0.359 e. The molecule has 0 saturated carbocycles. The second kappa shape index (κ2) is 12.2.